The normalized spacial score (nSPS) is 12.7. The van der Waals surface area contributed by atoms with Crippen molar-refractivity contribution in [2.75, 3.05) is 0 Å². The lowest BCUT2D eigenvalue weighted by molar-refractivity contribution is 0.644. The largest absolute Gasteiger partial charge is 0.327 e. The van der Waals surface area contributed by atoms with Crippen LogP contribution in [0.3, 0.4) is 0 Å². The van der Waals surface area contributed by atoms with E-state index in [0.717, 1.165) is 29.6 Å². The van der Waals surface area contributed by atoms with Crippen molar-refractivity contribution in [1.29, 1.82) is 0 Å². The van der Waals surface area contributed by atoms with Crippen LogP contribution in [0.15, 0.2) is 42.5 Å². The zero-order valence-electron chi connectivity index (χ0n) is 12.5. The SMILES string of the molecule is CCC(N)Cc1ccc(-n2nnc3ccccc32)cc1C. The van der Waals surface area contributed by atoms with Crippen molar-refractivity contribution in [2.24, 2.45) is 5.73 Å². The van der Waals surface area contributed by atoms with Crippen LogP contribution >= 0.6 is 0 Å². The van der Waals surface area contributed by atoms with Gasteiger partial charge >= 0.3 is 0 Å². The van der Waals surface area contributed by atoms with Gasteiger partial charge in [-0.25, -0.2) is 4.68 Å². The average Bonchev–Trinajstić information content (AvgIpc) is 2.93. The van der Waals surface area contributed by atoms with Crippen molar-refractivity contribution in [2.45, 2.75) is 32.7 Å². The molecule has 0 aliphatic heterocycles. The minimum atomic E-state index is 0.224. The first kappa shape index (κ1) is 13.8. The van der Waals surface area contributed by atoms with E-state index in [1.54, 1.807) is 0 Å². The molecule has 0 aliphatic carbocycles. The molecule has 0 bridgehead atoms. The standard InChI is InChI=1S/C17H20N4/c1-3-14(18)11-13-8-9-15(10-12(13)2)21-17-7-5-4-6-16(17)19-20-21/h4-10,14H,3,11,18H2,1-2H3. The van der Waals surface area contributed by atoms with E-state index in [2.05, 4.69) is 42.4 Å². The van der Waals surface area contributed by atoms with E-state index >= 15 is 0 Å². The van der Waals surface area contributed by atoms with Gasteiger partial charge in [0.25, 0.3) is 0 Å². The molecule has 3 aromatic rings. The maximum absolute atomic E-state index is 6.05. The van der Waals surface area contributed by atoms with E-state index < -0.39 is 0 Å². The molecule has 2 aromatic carbocycles. The number of nitrogens with zero attached hydrogens (tertiary/aromatic N) is 3. The summed E-state index contributed by atoms with van der Waals surface area (Å²) in [7, 11) is 0. The second-order valence-corrected chi connectivity index (χ2v) is 5.47. The van der Waals surface area contributed by atoms with E-state index in [1.165, 1.54) is 11.1 Å². The Bertz CT molecular complexity index is 760. The van der Waals surface area contributed by atoms with E-state index in [-0.39, 0.29) is 6.04 Å². The fraction of sp³-hybridized carbons (Fsp3) is 0.294. The van der Waals surface area contributed by atoms with Crippen LogP contribution in [-0.4, -0.2) is 21.0 Å². The number of nitrogens with two attached hydrogens (primary N) is 1. The van der Waals surface area contributed by atoms with Crippen molar-refractivity contribution < 1.29 is 0 Å². The third-order valence-corrected chi connectivity index (χ3v) is 3.93. The van der Waals surface area contributed by atoms with Gasteiger partial charge in [-0.1, -0.05) is 30.3 Å². The van der Waals surface area contributed by atoms with Gasteiger partial charge in [0.2, 0.25) is 0 Å². The van der Waals surface area contributed by atoms with E-state index in [9.17, 15) is 0 Å². The molecule has 0 amide bonds. The van der Waals surface area contributed by atoms with Crippen LogP contribution in [0, 0.1) is 6.92 Å². The molecule has 1 atom stereocenters. The lowest BCUT2D eigenvalue weighted by Crippen LogP contribution is -2.21. The number of para-hydroxylation sites is 1. The number of aromatic nitrogens is 3. The van der Waals surface area contributed by atoms with Crippen LogP contribution in [0.4, 0.5) is 0 Å². The molecule has 1 heterocycles. The molecule has 0 fully saturated rings. The Morgan fingerprint density at radius 2 is 2.00 bits per heavy atom. The monoisotopic (exact) mass is 280 g/mol. The highest BCUT2D eigenvalue weighted by molar-refractivity contribution is 5.75. The molecule has 1 aromatic heterocycles. The Hall–Kier alpha value is -2.20. The summed E-state index contributed by atoms with van der Waals surface area (Å²) in [5, 5.41) is 8.46. The topological polar surface area (TPSA) is 56.7 Å². The van der Waals surface area contributed by atoms with Crippen molar-refractivity contribution >= 4 is 11.0 Å². The molecule has 2 N–H and O–H groups in total. The predicted molar refractivity (Wildman–Crippen MR) is 85.6 cm³/mol. The second-order valence-electron chi connectivity index (χ2n) is 5.47. The van der Waals surface area contributed by atoms with Crippen LogP contribution in [0.2, 0.25) is 0 Å². The summed E-state index contributed by atoms with van der Waals surface area (Å²) in [5.41, 5.74) is 11.6. The van der Waals surface area contributed by atoms with Crippen LogP contribution < -0.4 is 5.73 Å². The van der Waals surface area contributed by atoms with Crippen molar-refractivity contribution in [3.8, 4) is 5.69 Å². The summed E-state index contributed by atoms with van der Waals surface area (Å²) in [6.45, 7) is 4.25. The van der Waals surface area contributed by atoms with Gasteiger partial charge in [0.15, 0.2) is 0 Å². The van der Waals surface area contributed by atoms with Gasteiger partial charge < -0.3 is 5.73 Å². The summed E-state index contributed by atoms with van der Waals surface area (Å²) in [4.78, 5) is 0. The number of fused-ring (bicyclic) bond motifs is 1. The Kier molecular flexibility index (Phi) is 3.71. The Balaban J connectivity index is 1.98. The summed E-state index contributed by atoms with van der Waals surface area (Å²) in [6, 6.07) is 14.6. The highest BCUT2D eigenvalue weighted by Gasteiger charge is 2.09. The van der Waals surface area contributed by atoms with Gasteiger partial charge in [0.05, 0.1) is 11.2 Å². The number of hydrogen-bond donors (Lipinski definition) is 1. The Labute approximate surface area is 124 Å². The first-order valence-electron chi connectivity index (χ1n) is 7.35. The highest BCUT2D eigenvalue weighted by atomic mass is 15.4. The summed E-state index contributed by atoms with van der Waals surface area (Å²) < 4.78 is 1.88. The molecule has 4 heteroatoms. The van der Waals surface area contributed by atoms with Gasteiger partial charge in [-0.15, -0.1) is 5.10 Å². The van der Waals surface area contributed by atoms with Gasteiger partial charge in [-0.05, 0) is 55.2 Å². The summed E-state index contributed by atoms with van der Waals surface area (Å²) in [6.07, 6.45) is 1.91. The molecule has 0 spiro atoms. The number of rotatable bonds is 4. The molecule has 0 saturated carbocycles. The lowest BCUT2D eigenvalue weighted by atomic mass is 9.99. The Morgan fingerprint density at radius 1 is 1.19 bits per heavy atom. The molecule has 21 heavy (non-hydrogen) atoms. The van der Waals surface area contributed by atoms with Gasteiger partial charge in [0.1, 0.15) is 5.52 Å². The van der Waals surface area contributed by atoms with E-state index in [1.807, 2.05) is 28.9 Å². The smallest absolute Gasteiger partial charge is 0.113 e. The van der Waals surface area contributed by atoms with Crippen LogP contribution in [0.1, 0.15) is 24.5 Å². The molecule has 0 aliphatic rings. The maximum atomic E-state index is 6.05. The zero-order chi connectivity index (χ0) is 14.8. The second kappa shape index (κ2) is 5.66. The predicted octanol–water partition coefficient (Wildman–Crippen LogP) is 3.01. The molecule has 0 radical (unpaired) electrons. The molecule has 4 nitrogen and oxygen atoms in total. The van der Waals surface area contributed by atoms with E-state index in [0.29, 0.717) is 0 Å². The van der Waals surface area contributed by atoms with Gasteiger partial charge in [0, 0.05) is 6.04 Å². The minimum Gasteiger partial charge on any atom is -0.327 e. The van der Waals surface area contributed by atoms with E-state index in [4.69, 9.17) is 5.73 Å². The maximum Gasteiger partial charge on any atom is 0.113 e. The molecular weight excluding hydrogens is 260 g/mol. The Morgan fingerprint density at radius 3 is 2.76 bits per heavy atom. The zero-order valence-corrected chi connectivity index (χ0v) is 12.5. The van der Waals surface area contributed by atoms with Crippen molar-refractivity contribution in [3.05, 3.63) is 53.6 Å². The highest BCUT2D eigenvalue weighted by Crippen LogP contribution is 2.19. The van der Waals surface area contributed by atoms with Crippen molar-refractivity contribution in [1.82, 2.24) is 15.0 Å². The minimum absolute atomic E-state index is 0.224. The summed E-state index contributed by atoms with van der Waals surface area (Å²) in [5.74, 6) is 0. The first-order chi connectivity index (χ1) is 10.2. The molecular formula is C17H20N4. The third-order valence-electron chi connectivity index (χ3n) is 3.93. The third kappa shape index (κ3) is 2.67. The lowest BCUT2D eigenvalue weighted by Gasteiger charge is -2.12. The number of hydrogen-bond acceptors (Lipinski definition) is 3. The molecule has 0 saturated heterocycles. The number of aryl methyl sites for hydroxylation is 1. The van der Waals surface area contributed by atoms with Gasteiger partial charge in [-0.3, -0.25) is 0 Å². The average molecular weight is 280 g/mol. The first-order valence-corrected chi connectivity index (χ1v) is 7.35. The molecule has 108 valence electrons. The van der Waals surface area contributed by atoms with Crippen LogP contribution in [-0.2, 0) is 6.42 Å². The van der Waals surface area contributed by atoms with Crippen LogP contribution in [0.25, 0.3) is 16.7 Å². The fourth-order valence-corrected chi connectivity index (χ4v) is 2.53. The summed E-state index contributed by atoms with van der Waals surface area (Å²) >= 11 is 0. The fourth-order valence-electron chi connectivity index (χ4n) is 2.53. The van der Waals surface area contributed by atoms with Gasteiger partial charge in [-0.2, -0.15) is 0 Å². The van der Waals surface area contributed by atoms with Crippen molar-refractivity contribution in [3.63, 3.8) is 0 Å². The molecule has 3 rings (SSSR count). The number of benzene rings is 2. The molecule has 1 unspecified atom stereocenters. The van der Waals surface area contributed by atoms with Crippen LogP contribution in [0.5, 0.6) is 0 Å². The quantitative estimate of drug-likeness (QED) is 0.799.